The van der Waals surface area contributed by atoms with Crippen molar-refractivity contribution >= 4 is 11.9 Å². The summed E-state index contributed by atoms with van der Waals surface area (Å²) in [7, 11) is 0. The van der Waals surface area contributed by atoms with Gasteiger partial charge in [-0.25, -0.2) is 0 Å². The molecule has 0 aliphatic heterocycles. The van der Waals surface area contributed by atoms with Crippen molar-refractivity contribution in [2.45, 2.75) is 64.2 Å². The molecule has 0 bridgehead atoms. The van der Waals surface area contributed by atoms with E-state index >= 15 is 0 Å². The number of ketones is 1. The van der Waals surface area contributed by atoms with Gasteiger partial charge in [-0.1, -0.05) is 87.8 Å². The normalized spacial score (nSPS) is 11.1. The van der Waals surface area contributed by atoms with E-state index in [0.717, 1.165) is 37.2 Å². The average molecular weight is 409 g/mol. The Morgan fingerprint density at radius 3 is 1.90 bits per heavy atom. The van der Waals surface area contributed by atoms with E-state index in [-0.39, 0.29) is 5.78 Å². The zero-order valence-corrected chi connectivity index (χ0v) is 18.1. The van der Waals surface area contributed by atoms with Crippen LogP contribution in [-0.4, -0.2) is 24.1 Å². The van der Waals surface area contributed by atoms with Crippen LogP contribution < -0.4 is 4.74 Å². The van der Waals surface area contributed by atoms with E-state index in [1.807, 2.05) is 60.7 Å². The van der Waals surface area contributed by atoms with Crippen molar-refractivity contribution in [1.29, 1.82) is 0 Å². The second kappa shape index (κ2) is 15.4. The SMILES string of the molecule is O=C(C=Cc1ccccc1)c1ccc(OCCCCCCCCCCCCO)cc1. The van der Waals surface area contributed by atoms with Crippen molar-refractivity contribution in [2.75, 3.05) is 13.2 Å². The molecule has 1 N–H and O–H groups in total. The van der Waals surface area contributed by atoms with Crippen molar-refractivity contribution in [2.24, 2.45) is 0 Å². The summed E-state index contributed by atoms with van der Waals surface area (Å²) in [4.78, 5) is 12.3. The van der Waals surface area contributed by atoms with Crippen LogP contribution in [0.1, 0.15) is 80.1 Å². The Hall–Kier alpha value is -2.39. The summed E-state index contributed by atoms with van der Waals surface area (Å²) in [6.45, 7) is 1.05. The fraction of sp³-hybridized carbons (Fsp3) is 0.444. The quantitative estimate of drug-likeness (QED) is 0.188. The van der Waals surface area contributed by atoms with Crippen LogP contribution in [0.5, 0.6) is 5.75 Å². The monoisotopic (exact) mass is 408 g/mol. The highest BCUT2D eigenvalue weighted by Gasteiger charge is 2.02. The number of ether oxygens (including phenoxy) is 1. The first-order chi connectivity index (χ1) is 14.8. The number of rotatable bonds is 16. The molecule has 2 aromatic rings. The summed E-state index contributed by atoms with van der Waals surface area (Å²) in [5.74, 6) is 0.820. The molecule has 0 spiro atoms. The van der Waals surface area contributed by atoms with Crippen molar-refractivity contribution in [1.82, 2.24) is 0 Å². The molecule has 2 rings (SSSR count). The number of unbranched alkanes of at least 4 members (excludes halogenated alkanes) is 9. The average Bonchev–Trinajstić information content (AvgIpc) is 2.79. The molecule has 0 atom stereocenters. The van der Waals surface area contributed by atoms with Gasteiger partial charge in [-0.05, 0) is 48.7 Å². The predicted molar refractivity (Wildman–Crippen MR) is 125 cm³/mol. The summed E-state index contributed by atoms with van der Waals surface area (Å²) in [6, 6.07) is 17.2. The van der Waals surface area contributed by atoms with Gasteiger partial charge in [0.1, 0.15) is 5.75 Å². The van der Waals surface area contributed by atoms with Crippen LogP contribution in [0, 0.1) is 0 Å². The maximum atomic E-state index is 12.3. The van der Waals surface area contributed by atoms with Gasteiger partial charge in [0.05, 0.1) is 6.61 Å². The maximum Gasteiger partial charge on any atom is 0.185 e. The molecule has 30 heavy (non-hydrogen) atoms. The molecular formula is C27H36O3. The van der Waals surface area contributed by atoms with Crippen LogP contribution in [0.25, 0.3) is 6.08 Å². The van der Waals surface area contributed by atoms with Gasteiger partial charge in [-0.3, -0.25) is 4.79 Å². The van der Waals surface area contributed by atoms with E-state index in [0.29, 0.717) is 12.2 Å². The first kappa shape index (κ1) is 23.9. The number of carbonyl (C=O) groups excluding carboxylic acids is 1. The standard InChI is InChI=1S/C27H36O3/c28-22-12-7-5-3-1-2-4-6-8-13-23-30-26-19-17-25(18-20-26)27(29)21-16-24-14-10-9-11-15-24/h9-11,14-21,28H,1-8,12-13,22-23H2. The van der Waals surface area contributed by atoms with E-state index in [9.17, 15) is 4.79 Å². The Kier molecular flexibility index (Phi) is 12.3. The number of allylic oxidation sites excluding steroid dienone is 1. The van der Waals surface area contributed by atoms with E-state index in [4.69, 9.17) is 9.84 Å². The number of carbonyl (C=O) groups is 1. The number of hydrogen-bond donors (Lipinski definition) is 1. The molecule has 162 valence electrons. The van der Waals surface area contributed by atoms with Crippen molar-refractivity contribution in [3.63, 3.8) is 0 Å². The zero-order chi connectivity index (χ0) is 21.3. The third-order valence-corrected chi connectivity index (χ3v) is 5.19. The van der Waals surface area contributed by atoms with Gasteiger partial charge in [0.15, 0.2) is 5.78 Å². The highest BCUT2D eigenvalue weighted by molar-refractivity contribution is 6.06. The molecule has 0 saturated carbocycles. The van der Waals surface area contributed by atoms with Gasteiger partial charge in [-0.2, -0.15) is 0 Å². The number of benzene rings is 2. The zero-order valence-electron chi connectivity index (χ0n) is 18.1. The van der Waals surface area contributed by atoms with Crippen molar-refractivity contribution < 1.29 is 14.6 Å². The molecule has 0 unspecified atom stereocenters. The van der Waals surface area contributed by atoms with Crippen LogP contribution in [0.3, 0.4) is 0 Å². The lowest BCUT2D eigenvalue weighted by atomic mass is 10.1. The molecule has 0 aromatic heterocycles. The largest absolute Gasteiger partial charge is 0.494 e. The summed E-state index contributed by atoms with van der Waals surface area (Å²) >= 11 is 0. The van der Waals surface area contributed by atoms with Crippen molar-refractivity contribution in [3.05, 3.63) is 71.8 Å². The maximum absolute atomic E-state index is 12.3. The minimum atomic E-state index is -0.00111. The molecule has 0 saturated heterocycles. The summed E-state index contributed by atoms with van der Waals surface area (Å²) in [5, 5.41) is 8.75. The molecule has 0 heterocycles. The van der Waals surface area contributed by atoms with Crippen molar-refractivity contribution in [3.8, 4) is 5.75 Å². The number of aliphatic hydroxyl groups is 1. The molecule has 0 amide bonds. The minimum Gasteiger partial charge on any atom is -0.494 e. The topological polar surface area (TPSA) is 46.5 Å². The Morgan fingerprint density at radius 1 is 0.733 bits per heavy atom. The van der Waals surface area contributed by atoms with Crippen LogP contribution in [-0.2, 0) is 0 Å². The molecule has 0 radical (unpaired) electrons. The summed E-state index contributed by atoms with van der Waals surface area (Å²) in [6.07, 6.45) is 15.6. The van der Waals surface area contributed by atoms with Gasteiger partial charge >= 0.3 is 0 Å². The predicted octanol–water partition coefficient (Wildman–Crippen LogP) is 6.85. The van der Waals surface area contributed by atoms with Gasteiger partial charge in [0.2, 0.25) is 0 Å². The Bertz CT molecular complexity index is 720. The van der Waals surface area contributed by atoms with E-state index in [2.05, 4.69) is 0 Å². The first-order valence-electron chi connectivity index (χ1n) is 11.4. The Balaban J connectivity index is 1.53. The highest BCUT2D eigenvalue weighted by Crippen LogP contribution is 2.15. The highest BCUT2D eigenvalue weighted by atomic mass is 16.5. The fourth-order valence-electron chi connectivity index (χ4n) is 3.37. The lowest BCUT2D eigenvalue weighted by molar-refractivity contribution is 0.104. The molecule has 0 fully saturated rings. The van der Waals surface area contributed by atoms with Gasteiger partial charge in [0.25, 0.3) is 0 Å². The van der Waals surface area contributed by atoms with E-state index < -0.39 is 0 Å². The molecule has 3 heteroatoms. The van der Waals surface area contributed by atoms with Gasteiger partial charge in [0, 0.05) is 12.2 Å². The number of hydrogen-bond acceptors (Lipinski definition) is 3. The number of aliphatic hydroxyl groups excluding tert-OH is 1. The third-order valence-electron chi connectivity index (χ3n) is 5.19. The molecule has 0 aliphatic rings. The van der Waals surface area contributed by atoms with Gasteiger partial charge < -0.3 is 9.84 Å². The van der Waals surface area contributed by atoms with Crippen LogP contribution in [0.4, 0.5) is 0 Å². The van der Waals surface area contributed by atoms with Crippen LogP contribution in [0.2, 0.25) is 0 Å². The molecular weight excluding hydrogens is 372 g/mol. The Morgan fingerprint density at radius 2 is 1.30 bits per heavy atom. The lowest BCUT2D eigenvalue weighted by Crippen LogP contribution is -1.99. The molecule has 2 aromatic carbocycles. The second-order valence-electron chi connectivity index (χ2n) is 7.74. The fourth-order valence-corrected chi connectivity index (χ4v) is 3.37. The smallest absolute Gasteiger partial charge is 0.185 e. The lowest BCUT2D eigenvalue weighted by Gasteiger charge is -2.07. The summed E-state index contributed by atoms with van der Waals surface area (Å²) < 4.78 is 5.80. The second-order valence-corrected chi connectivity index (χ2v) is 7.74. The van der Waals surface area contributed by atoms with E-state index in [1.54, 1.807) is 6.08 Å². The van der Waals surface area contributed by atoms with Crippen LogP contribution >= 0.6 is 0 Å². The van der Waals surface area contributed by atoms with Gasteiger partial charge in [-0.15, -0.1) is 0 Å². The van der Waals surface area contributed by atoms with E-state index in [1.165, 1.54) is 44.9 Å². The Labute approximate surface area is 181 Å². The minimum absolute atomic E-state index is 0.00111. The first-order valence-corrected chi connectivity index (χ1v) is 11.4. The third kappa shape index (κ3) is 10.4. The summed E-state index contributed by atoms with van der Waals surface area (Å²) in [5.41, 5.74) is 1.69. The molecule has 3 nitrogen and oxygen atoms in total. The van der Waals surface area contributed by atoms with Crippen LogP contribution in [0.15, 0.2) is 60.7 Å². The molecule has 0 aliphatic carbocycles.